The minimum absolute atomic E-state index is 0.456. The lowest BCUT2D eigenvalue weighted by molar-refractivity contribution is 0.348. The highest BCUT2D eigenvalue weighted by Crippen LogP contribution is 2.32. The Hall–Kier alpha value is 0.290. The highest BCUT2D eigenvalue weighted by molar-refractivity contribution is 6.20. The van der Waals surface area contributed by atoms with E-state index in [1.807, 2.05) is 0 Å². The molecule has 1 aliphatic rings. The van der Waals surface area contributed by atoms with Gasteiger partial charge < -0.3 is 0 Å². The Morgan fingerprint density at radius 2 is 1.73 bits per heavy atom. The van der Waals surface area contributed by atoms with Gasteiger partial charge in [0.1, 0.15) is 0 Å². The number of hydrogen-bond donors (Lipinski definition) is 0. The van der Waals surface area contributed by atoms with Crippen LogP contribution in [-0.2, 0) is 0 Å². The van der Waals surface area contributed by atoms with Crippen LogP contribution in [-0.4, -0.2) is 5.38 Å². The lowest BCUT2D eigenvalue weighted by Gasteiger charge is -2.23. The Labute approximate surface area is 75.3 Å². The molecule has 0 aliphatic heterocycles. The van der Waals surface area contributed by atoms with Gasteiger partial charge in [-0.15, -0.1) is 11.6 Å². The van der Waals surface area contributed by atoms with Gasteiger partial charge in [0, 0.05) is 5.38 Å². The highest BCUT2D eigenvalue weighted by atomic mass is 35.5. The fourth-order valence-corrected chi connectivity index (χ4v) is 2.61. The third kappa shape index (κ3) is 2.66. The average molecular weight is 175 g/mol. The van der Waals surface area contributed by atoms with Gasteiger partial charge in [-0.2, -0.15) is 0 Å². The molecule has 0 heterocycles. The van der Waals surface area contributed by atoms with E-state index in [0.29, 0.717) is 5.38 Å². The molecule has 0 aromatic carbocycles. The van der Waals surface area contributed by atoms with Crippen LogP contribution >= 0.6 is 11.6 Å². The zero-order valence-electron chi connectivity index (χ0n) is 7.65. The minimum Gasteiger partial charge on any atom is -0.123 e. The lowest BCUT2D eigenvalue weighted by Crippen LogP contribution is -2.18. The molecule has 1 heteroatoms. The van der Waals surface area contributed by atoms with Crippen LogP contribution < -0.4 is 0 Å². The van der Waals surface area contributed by atoms with Crippen LogP contribution in [0, 0.1) is 11.8 Å². The zero-order chi connectivity index (χ0) is 8.27. The molecule has 1 rings (SSSR count). The fraction of sp³-hybridized carbons (Fsp3) is 1.00. The van der Waals surface area contributed by atoms with Gasteiger partial charge in [-0.1, -0.05) is 33.1 Å². The van der Waals surface area contributed by atoms with Crippen molar-refractivity contribution < 1.29 is 0 Å². The molecule has 2 atom stereocenters. The quantitative estimate of drug-likeness (QED) is 0.419. The highest BCUT2D eigenvalue weighted by Gasteiger charge is 2.23. The second kappa shape index (κ2) is 4.35. The van der Waals surface area contributed by atoms with Crippen LogP contribution in [0.1, 0.15) is 46.0 Å². The summed E-state index contributed by atoms with van der Waals surface area (Å²) in [6.45, 7) is 4.59. The largest absolute Gasteiger partial charge is 0.123 e. The molecule has 0 saturated heterocycles. The fourth-order valence-electron chi connectivity index (χ4n) is 2.04. The van der Waals surface area contributed by atoms with Gasteiger partial charge in [-0.05, 0) is 24.7 Å². The molecule has 66 valence electrons. The SMILES string of the molecule is CC(C)C1CCCCCC1Cl. The molecule has 0 aromatic rings. The molecular formula is C10H19Cl. The monoisotopic (exact) mass is 174 g/mol. The van der Waals surface area contributed by atoms with Gasteiger partial charge in [-0.3, -0.25) is 0 Å². The van der Waals surface area contributed by atoms with Crippen molar-refractivity contribution in [3.8, 4) is 0 Å². The van der Waals surface area contributed by atoms with E-state index in [9.17, 15) is 0 Å². The zero-order valence-corrected chi connectivity index (χ0v) is 8.40. The van der Waals surface area contributed by atoms with Crippen molar-refractivity contribution in [3.63, 3.8) is 0 Å². The van der Waals surface area contributed by atoms with Gasteiger partial charge >= 0.3 is 0 Å². The Bertz CT molecular complexity index is 109. The molecular weight excluding hydrogens is 156 g/mol. The summed E-state index contributed by atoms with van der Waals surface area (Å²) in [7, 11) is 0. The lowest BCUT2D eigenvalue weighted by atomic mass is 9.88. The first kappa shape index (κ1) is 9.38. The summed E-state index contributed by atoms with van der Waals surface area (Å²) in [4.78, 5) is 0. The van der Waals surface area contributed by atoms with Crippen molar-refractivity contribution >= 4 is 11.6 Å². The van der Waals surface area contributed by atoms with E-state index in [4.69, 9.17) is 11.6 Å². The third-order valence-electron chi connectivity index (χ3n) is 2.84. The molecule has 11 heavy (non-hydrogen) atoms. The molecule has 0 aromatic heterocycles. The van der Waals surface area contributed by atoms with Crippen LogP contribution in [0.2, 0.25) is 0 Å². The van der Waals surface area contributed by atoms with Crippen LogP contribution in [0.25, 0.3) is 0 Å². The summed E-state index contributed by atoms with van der Waals surface area (Å²) < 4.78 is 0. The predicted octanol–water partition coefficient (Wildman–Crippen LogP) is 3.83. The first-order chi connectivity index (χ1) is 5.22. The second-order valence-electron chi connectivity index (χ2n) is 4.06. The van der Waals surface area contributed by atoms with Gasteiger partial charge in [0.2, 0.25) is 0 Å². The van der Waals surface area contributed by atoms with E-state index in [0.717, 1.165) is 11.8 Å². The molecule has 1 fully saturated rings. The molecule has 1 saturated carbocycles. The van der Waals surface area contributed by atoms with Gasteiger partial charge in [0.15, 0.2) is 0 Å². The van der Waals surface area contributed by atoms with E-state index in [-0.39, 0.29) is 0 Å². The Kier molecular flexibility index (Phi) is 3.71. The molecule has 0 nitrogen and oxygen atoms in total. The summed E-state index contributed by atoms with van der Waals surface area (Å²) in [5.74, 6) is 1.55. The Morgan fingerprint density at radius 3 is 2.36 bits per heavy atom. The molecule has 0 radical (unpaired) electrons. The summed E-state index contributed by atoms with van der Waals surface area (Å²) in [5.41, 5.74) is 0. The number of rotatable bonds is 1. The van der Waals surface area contributed by atoms with Gasteiger partial charge in [-0.25, -0.2) is 0 Å². The Balaban J connectivity index is 2.45. The van der Waals surface area contributed by atoms with Crippen LogP contribution in [0.15, 0.2) is 0 Å². The van der Waals surface area contributed by atoms with Crippen molar-refractivity contribution in [3.05, 3.63) is 0 Å². The van der Waals surface area contributed by atoms with E-state index in [1.165, 1.54) is 32.1 Å². The molecule has 1 aliphatic carbocycles. The number of alkyl halides is 1. The standard InChI is InChI=1S/C10H19Cl/c1-8(2)9-6-4-3-5-7-10(9)11/h8-10H,3-7H2,1-2H3. The molecule has 0 amide bonds. The maximum atomic E-state index is 6.28. The van der Waals surface area contributed by atoms with E-state index >= 15 is 0 Å². The maximum Gasteiger partial charge on any atom is 0.0366 e. The predicted molar refractivity (Wildman–Crippen MR) is 51.1 cm³/mol. The first-order valence-electron chi connectivity index (χ1n) is 4.86. The van der Waals surface area contributed by atoms with Crippen LogP contribution in [0.3, 0.4) is 0 Å². The van der Waals surface area contributed by atoms with E-state index < -0.39 is 0 Å². The minimum atomic E-state index is 0.456. The average Bonchev–Trinajstić information content (AvgIpc) is 2.13. The molecule has 0 bridgehead atoms. The Morgan fingerprint density at radius 1 is 1.09 bits per heavy atom. The summed E-state index contributed by atoms with van der Waals surface area (Å²) in [5, 5.41) is 0.456. The second-order valence-corrected chi connectivity index (χ2v) is 4.62. The summed E-state index contributed by atoms with van der Waals surface area (Å²) in [6.07, 6.45) is 6.73. The normalized spacial score (nSPS) is 33.8. The smallest absolute Gasteiger partial charge is 0.0366 e. The topological polar surface area (TPSA) is 0 Å². The third-order valence-corrected chi connectivity index (χ3v) is 3.38. The van der Waals surface area contributed by atoms with Gasteiger partial charge in [0.05, 0.1) is 0 Å². The molecule has 0 spiro atoms. The van der Waals surface area contributed by atoms with Crippen molar-refractivity contribution in [2.75, 3.05) is 0 Å². The summed E-state index contributed by atoms with van der Waals surface area (Å²) in [6, 6.07) is 0. The first-order valence-corrected chi connectivity index (χ1v) is 5.29. The van der Waals surface area contributed by atoms with Crippen LogP contribution in [0.4, 0.5) is 0 Å². The van der Waals surface area contributed by atoms with Crippen molar-refractivity contribution in [2.45, 2.75) is 51.3 Å². The molecule has 0 N–H and O–H groups in total. The van der Waals surface area contributed by atoms with Crippen molar-refractivity contribution in [1.29, 1.82) is 0 Å². The van der Waals surface area contributed by atoms with Crippen molar-refractivity contribution in [2.24, 2.45) is 11.8 Å². The molecule has 2 unspecified atom stereocenters. The maximum absolute atomic E-state index is 6.28. The van der Waals surface area contributed by atoms with Crippen LogP contribution in [0.5, 0.6) is 0 Å². The van der Waals surface area contributed by atoms with E-state index in [1.54, 1.807) is 0 Å². The summed E-state index contributed by atoms with van der Waals surface area (Å²) >= 11 is 6.28. The van der Waals surface area contributed by atoms with E-state index in [2.05, 4.69) is 13.8 Å². The van der Waals surface area contributed by atoms with Gasteiger partial charge in [0.25, 0.3) is 0 Å². The number of hydrogen-bond acceptors (Lipinski definition) is 0. The van der Waals surface area contributed by atoms with Crippen molar-refractivity contribution in [1.82, 2.24) is 0 Å². The number of halogens is 1.